The van der Waals surface area contributed by atoms with Crippen LogP contribution >= 0.6 is 0 Å². The summed E-state index contributed by atoms with van der Waals surface area (Å²) in [5.41, 5.74) is 2.25. The van der Waals surface area contributed by atoms with Crippen LogP contribution in [0.4, 0.5) is 5.69 Å². The average molecular weight is 337 g/mol. The lowest BCUT2D eigenvalue weighted by molar-refractivity contribution is -0.135. The lowest BCUT2D eigenvalue weighted by Crippen LogP contribution is -2.30. The van der Waals surface area contributed by atoms with Gasteiger partial charge in [-0.3, -0.25) is 9.59 Å². The number of ketones is 1. The van der Waals surface area contributed by atoms with E-state index in [0.717, 1.165) is 5.56 Å². The van der Waals surface area contributed by atoms with Gasteiger partial charge in [0.25, 0.3) is 5.91 Å². The smallest absolute Gasteiger partial charge is 0.338 e. The summed E-state index contributed by atoms with van der Waals surface area (Å²) in [6.45, 7) is 4.06. The molecule has 5 nitrogen and oxygen atoms in total. The molecule has 0 spiro atoms. The van der Waals surface area contributed by atoms with Crippen molar-refractivity contribution < 1.29 is 19.1 Å². The summed E-state index contributed by atoms with van der Waals surface area (Å²) < 4.78 is 4.93. The molecule has 3 rings (SSSR count). The van der Waals surface area contributed by atoms with Crippen LogP contribution in [0.5, 0.6) is 0 Å². The first-order valence-corrected chi connectivity index (χ1v) is 8.06. The zero-order valence-corrected chi connectivity index (χ0v) is 14.2. The summed E-state index contributed by atoms with van der Waals surface area (Å²) in [5, 5.41) is 2.60. The third-order valence-electron chi connectivity index (χ3n) is 4.35. The summed E-state index contributed by atoms with van der Waals surface area (Å²) >= 11 is 0. The Kier molecular flexibility index (Phi) is 4.40. The van der Waals surface area contributed by atoms with Crippen LogP contribution in [0.15, 0.2) is 48.5 Å². The number of fused-ring (bicyclic) bond motifs is 1. The Morgan fingerprint density at radius 2 is 1.84 bits per heavy atom. The van der Waals surface area contributed by atoms with Crippen molar-refractivity contribution in [1.29, 1.82) is 0 Å². The fourth-order valence-electron chi connectivity index (χ4n) is 2.88. The Hall–Kier alpha value is -2.95. The number of hydrogen-bond acceptors (Lipinski definition) is 4. The molecule has 0 radical (unpaired) electrons. The molecule has 1 heterocycles. The second kappa shape index (κ2) is 6.51. The second-order valence-electron chi connectivity index (χ2n) is 6.75. The number of ether oxygens (including phenoxy) is 1. The Bertz CT molecular complexity index is 840. The van der Waals surface area contributed by atoms with Gasteiger partial charge in [-0.1, -0.05) is 44.2 Å². The summed E-state index contributed by atoms with van der Waals surface area (Å²) in [6.07, 6.45) is 0.107. The number of rotatable bonds is 5. The molecule has 2 aromatic carbocycles. The zero-order chi connectivity index (χ0) is 18.0. The van der Waals surface area contributed by atoms with Crippen molar-refractivity contribution in [2.45, 2.75) is 32.3 Å². The van der Waals surface area contributed by atoms with Gasteiger partial charge in [0, 0.05) is 17.7 Å². The molecule has 1 aliphatic heterocycles. The third-order valence-corrected chi connectivity index (χ3v) is 4.35. The summed E-state index contributed by atoms with van der Waals surface area (Å²) in [6, 6.07) is 14.5. The summed E-state index contributed by atoms with van der Waals surface area (Å²) in [7, 11) is 0. The number of hydrogen-bond donors (Lipinski definition) is 1. The maximum absolute atomic E-state index is 12.3. The van der Waals surface area contributed by atoms with E-state index in [9.17, 15) is 14.4 Å². The largest absolute Gasteiger partial charge is 0.457 e. The van der Waals surface area contributed by atoms with Crippen LogP contribution in [-0.4, -0.2) is 17.7 Å². The average Bonchev–Trinajstić information content (AvgIpc) is 2.96. The Labute approximate surface area is 146 Å². The van der Waals surface area contributed by atoms with E-state index in [-0.39, 0.29) is 19.0 Å². The molecule has 0 saturated heterocycles. The minimum absolute atomic E-state index is 0.107. The van der Waals surface area contributed by atoms with Crippen LogP contribution in [0.2, 0.25) is 0 Å². The maximum Gasteiger partial charge on any atom is 0.338 e. The predicted molar refractivity (Wildman–Crippen MR) is 93.3 cm³/mol. The molecule has 1 amide bonds. The number of cyclic esters (lactones) is 1. The molecule has 0 unspecified atom stereocenters. The van der Waals surface area contributed by atoms with E-state index < -0.39 is 17.1 Å². The SMILES string of the molecule is CC(C)(CC(=O)C(=O)Nc1ccc2c(c1)COC2=O)c1ccccc1. The normalized spacial score (nSPS) is 13.1. The van der Waals surface area contributed by atoms with E-state index in [4.69, 9.17) is 4.74 Å². The third kappa shape index (κ3) is 3.60. The molecule has 0 aromatic heterocycles. The van der Waals surface area contributed by atoms with Gasteiger partial charge in [0.15, 0.2) is 0 Å². The highest BCUT2D eigenvalue weighted by Gasteiger charge is 2.28. The molecule has 128 valence electrons. The number of nitrogens with one attached hydrogen (secondary N) is 1. The molecule has 0 aliphatic carbocycles. The second-order valence-corrected chi connectivity index (χ2v) is 6.75. The first-order valence-electron chi connectivity index (χ1n) is 8.06. The van der Waals surface area contributed by atoms with Crippen LogP contribution in [0.3, 0.4) is 0 Å². The zero-order valence-electron chi connectivity index (χ0n) is 14.2. The van der Waals surface area contributed by atoms with E-state index in [1.807, 2.05) is 44.2 Å². The molecule has 0 fully saturated rings. The molecule has 5 heteroatoms. The highest BCUT2D eigenvalue weighted by Crippen LogP contribution is 2.27. The molecule has 2 aromatic rings. The van der Waals surface area contributed by atoms with Gasteiger partial charge in [-0.05, 0) is 29.2 Å². The Morgan fingerprint density at radius 1 is 1.12 bits per heavy atom. The van der Waals surface area contributed by atoms with Gasteiger partial charge in [-0.2, -0.15) is 0 Å². The van der Waals surface area contributed by atoms with E-state index >= 15 is 0 Å². The molecule has 0 bridgehead atoms. The van der Waals surface area contributed by atoms with E-state index in [1.54, 1.807) is 18.2 Å². The first kappa shape index (κ1) is 16.9. The van der Waals surface area contributed by atoms with Gasteiger partial charge in [0.2, 0.25) is 5.78 Å². The van der Waals surface area contributed by atoms with Gasteiger partial charge in [0.05, 0.1) is 5.56 Å². The van der Waals surface area contributed by atoms with Crippen molar-refractivity contribution in [2.75, 3.05) is 5.32 Å². The van der Waals surface area contributed by atoms with E-state index in [2.05, 4.69) is 5.32 Å². The van der Waals surface area contributed by atoms with Crippen LogP contribution in [0.25, 0.3) is 0 Å². The van der Waals surface area contributed by atoms with Crippen LogP contribution in [0, 0.1) is 0 Å². The molecular formula is C20H19NO4. The summed E-state index contributed by atoms with van der Waals surface area (Å²) in [4.78, 5) is 36.0. The highest BCUT2D eigenvalue weighted by atomic mass is 16.5. The van der Waals surface area contributed by atoms with Crippen LogP contribution < -0.4 is 5.32 Å². The highest BCUT2D eigenvalue weighted by molar-refractivity contribution is 6.40. The number of anilines is 1. The minimum atomic E-state index is -0.658. The Morgan fingerprint density at radius 3 is 2.56 bits per heavy atom. The quantitative estimate of drug-likeness (QED) is 0.671. The van der Waals surface area contributed by atoms with Crippen LogP contribution in [-0.2, 0) is 26.3 Å². The van der Waals surface area contributed by atoms with Gasteiger partial charge in [0.1, 0.15) is 6.61 Å². The summed E-state index contributed by atoms with van der Waals surface area (Å²) in [5.74, 6) is -1.51. The van der Waals surface area contributed by atoms with Crippen molar-refractivity contribution in [1.82, 2.24) is 0 Å². The van der Waals surface area contributed by atoms with Gasteiger partial charge in [-0.25, -0.2) is 4.79 Å². The fourth-order valence-corrected chi connectivity index (χ4v) is 2.88. The number of benzene rings is 2. The van der Waals surface area contributed by atoms with Crippen molar-refractivity contribution in [3.63, 3.8) is 0 Å². The molecule has 1 aliphatic rings. The molecule has 0 saturated carbocycles. The van der Waals surface area contributed by atoms with Gasteiger partial charge in [-0.15, -0.1) is 0 Å². The van der Waals surface area contributed by atoms with Crippen molar-refractivity contribution in [3.05, 3.63) is 65.2 Å². The van der Waals surface area contributed by atoms with E-state index in [1.165, 1.54) is 0 Å². The monoisotopic (exact) mass is 337 g/mol. The van der Waals surface area contributed by atoms with Gasteiger partial charge < -0.3 is 10.1 Å². The van der Waals surface area contributed by atoms with Crippen molar-refractivity contribution >= 4 is 23.3 Å². The minimum Gasteiger partial charge on any atom is -0.457 e. The number of carbonyl (C=O) groups is 3. The van der Waals surface area contributed by atoms with E-state index in [0.29, 0.717) is 16.8 Å². The van der Waals surface area contributed by atoms with Crippen molar-refractivity contribution in [2.24, 2.45) is 0 Å². The number of carbonyl (C=O) groups excluding carboxylic acids is 3. The lowest BCUT2D eigenvalue weighted by Gasteiger charge is -2.24. The molecule has 25 heavy (non-hydrogen) atoms. The number of esters is 1. The topological polar surface area (TPSA) is 72.5 Å². The van der Waals surface area contributed by atoms with Crippen molar-refractivity contribution in [3.8, 4) is 0 Å². The van der Waals surface area contributed by atoms with Crippen LogP contribution in [0.1, 0.15) is 41.8 Å². The fraction of sp³-hybridized carbons (Fsp3) is 0.250. The first-order chi connectivity index (χ1) is 11.9. The maximum atomic E-state index is 12.3. The number of Topliss-reactive ketones (excluding diaryl/α,β-unsaturated/α-hetero) is 1. The molecule has 0 atom stereocenters. The standard InChI is InChI=1S/C20H19NO4/c1-20(2,14-6-4-3-5-7-14)11-17(22)18(23)21-15-8-9-16-13(10-15)12-25-19(16)24/h3-10H,11-12H2,1-2H3,(H,21,23). The molecular weight excluding hydrogens is 318 g/mol. The molecule has 1 N–H and O–H groups in total. The predicted octanol–water partition coefficient (Wildman–Crippen LogP) is 3.23. The number of amides is 1. The lowest BCUT2D eigenvalue weighted by atomic mass is 9.80. The Balaban J connectivity index is 1.67. The van der Waals surface area contributed by atoms with Gasteiger partial charge >= 0.3 is 5.97 Å².